The lowest BCUT2D eigenvalue weighted by molar-refractivity contribution is 0.102. The number of rotatable bonds is 6. The molecule has 4 heterocycles. The minimum atomic E-state index is -2.80. The first-order chi connectivity index (χ1) is 16.9. The number of alkyl halides is 2. The van der Waals surface area contributed by atoms with Gasteiger partial charge >= 0.3 is 0 Å². The molecule has 2 aliphatic rings. The van der Waals surface area contributed by atoms with Crippen LogP contribution in [0.3, 0.4) is 0 Å². The molecule has 188 valence electrons. The van der Waals surface area contributed by atoms with Gasteiger partial charge in [-0.25, -0.2) is 18.3 Å². The van der Waals surface area contributed by atoms with Crippen LogP contribution in [0.5, 0.6) is 0 Å². The highest BCUT2D eigenvalue weighted by molar-refractivity contribution is 6.08. The van der Waals surface area contributed by atoms with Crippen molar-refractivity contribution < 1.29 is 13.6 Å². The smallest absolute Gasteiger partial charge is 0.284 e. The number of likely N-dealkylation sites (N-methyl/N-ethyl adjacent to an activating group) is 1. The Balaban J connectivity index is 1.37. The summed E-state index contributed by atoms with van der Waals surface area (Å²) in [5.41, 5.74) is 0.214. The predicted molar refractivity (Wildman–Crippen MR) is 128 cm³/mol. The van der Waals surface area contributed by atoms with E-state index in [9.17, 15) is 13.6 Å². The Labute approximate surface area is 202 Å². The SMILES string of the molecule is CNC1CCC(n2cc(NC(=O)c3cnn4ccc(N5CCN(C)CC5)nc34)c(C(F)F)n2)CC1. The van der Waals surface area contributed by atoms with Gasteiger partial charge < -0.3 is 20.4 Å². The molecular weight excluding hydrogens is 456 g/mol. The first-order valence-electron chi connectivity index (χ1n) is 12.1. The van der Waals surface area contributed by atoms with Crippen LogP contribution >= 0.6 is 0 Å². The maximum atomic E-state index is 13.8. The van der Waals surface area contributed by atoms with Crippen molar-refractivity contribution in [1.29, 1.82) is 0 Å². The second-order valence-electron chi connectivity index (χ2n) is 9.36. The van der Waals surface area contributed by atoms with Gasteiger partial charge in [0.05, 0.1) is 17.9 Å². The summed E-state index contributed by atoms with van der Waals surface area (Å²) < 4.78 is 30.7. The average Bonchev–Trinajstić information content (AvgIpc) is 3.49. The van der Waals surface area contributed by atoms with E-state index in [1.165, 1.54) is 16.9 Å². The molecule has 3 aromatic heterocycles. The largest absolute Gasteiger partial charge is 0.354 e. The lowest BCUT2D eigenvalue weighted by Crippen LogP contribution is -2.44. The number of nitrogens with one attached hydrogen (secondary N) is 2. The fraction of sp³-hybridized carbons (Fsp3) is 0.565. The number of nitrogens with zero attached hydrogens (tertiary/aromatic N) is 7. The van der Waals surface area contributed by atoms with Crippen LogP contribution in [0.2, 0.25) is 0 Å². The zero-order valence-electron chi connectivity index (χ0n) is 20.0. The number of carbonyl (C=O) groups is 1. The van der Waals surface area contributed by atoms with Crippen molar-refractivity contribution in [2.75, 3.05) is 50.5 Å². The maximum absolute atomic E-state index is 13.8. The van der Waals surface area contributed by atoms with E-state index in [1.807, 2.05) is 13.1 Å². The highest BCUT2D eigenvalue weighted by Gasteiger charge is 2.27. The third-order valence-corrected chi connectivity index (χ3v) is 7.12. The number of aromatic nitrogens is 5. The topological polar surface area (TPSA) is 95.6 Å². The molecular formula is C23H31F2N9O. The first-order valence-corrected chi connectivity index (χ1v) is 12.1. The number of fused-ring (bicyclic) bond motifs is 1. The van der Waals surface area contributed by atoms with Gasteiger partial charge in [-0.2, -0.15) is 10.2 Å². The van der Waals surface area contributed by atoms with E-state index in [4.69, 9.17) is 0 Å². The third-order valence-electron chi connectivity index (χ3n) is 7.12. The number of anilines is 2. The summed E-state index contributed by atoms with van der Waals surface area (Å²) in [6, 6.07) is 2.34. The fourth-order valence-electron chi connectivity index (χ4n) is 4.90. The van der Waals surface area contributed by atoms with Crippen LogP contribution in [-0.2, 0) is 0 Å². The standard InChI is InChI=1S/C23H31F2N9O/c1-26-15-3-5-16(6-4-15)34-14-18(20(30-34)21(24)25)28-23(35)17-13-27-33-8-7-19(29-22(17)33)32-11-9-31(2)10-12-32/h7-8,13-16,21,26H,3-6,9-12H2,1-2H3,(H,28,35). The summed E-state index contributed by atoms with van der Waals surface area (Å²) in [5.74, 6) is 0.224. The molecule has 1 saturated carbocycles. The molecule has 0 atom stereocenters. The average molecular weight is 488 g/mol. The molecule has 1 aliphatic carbocycles. The van der Waals surface area contributed by atoms with E-state index in [1.54, 1.807) is 10.9 Å². The van der Waals surface area contributed by atoms with Gasteiger partial charge in [-0.3, -0.25) is 9.48 Å². The van der Waals surface area contributed by atoms with Gasteiger partial charge in [-0.15, -0.1) is 0 Å². The van der Waals surface area contributed by atoms with Crippen LogP contribution < -0.4 is 15.5 Å². The Morgan fingerprint density at radius 1 is 1.14 bits per heavy atom. The van der Waals surface area contributed by atoms with Crippen molar-refractivity contribution in [1.82, 2.24) is 34.6 Å². The zero-order chi connectivity index (χ0) is 24.5. The highest BCUT2D eigenvalue weighted by atomic mass is 19.3. The van der Waals surface area contributed by atoms with Gasteiger partial charge in [0.1, 0.15) is 11.4 Å². The van der Waals surface area contributed by atoms with Crippen LogP contribution in [0, 0.1) is 0 Å². The van der Waals surface area contributed by atoms with Crippen LogP contribution in [-0.4, -0.2) is 81.5 Å². The molecule has 35 heavy (non-hydrogen) atoms. The molecule has 0 aromatic carbocycles. The summed E-state index contributed by atoms with van der Waals surface area (Å²) in [4.78, 5) is 22.2. The lowest BCUT2D eigenvalue weighted by Gasteiger charge is -2.33. The monoisotopic (exact) mass is 487 g/mol. The summed E-state index contributed by atoms with van der Waals surface area (Å²) in [6.07, 6.45) is 5.50. The third kappa shape index (κ3) is 4.85. The lowest BCUT2D eigenvalue weighted by atomic mass is 9.91. The zero-order valence-corrected chi connectivity index (χ0v) is 20.0. The number of piperazine rings is 1. The first kappa shape index (κ1) is 23.6. The molecule has 1 saturated heterocycles. The van der Waals surface area contributed by atoms with Gasteiger partial charge in [-0.1, -0.05) is 0 Å². The predicted octanol–water partition coefficient (Wildman–Crippen LogP) is 2.57. The second-order valence-corrected chi connectivity index (χ2v) is 9.36. The summed E-state index contributed by atoms with van der Waals surface area (Å²) in [6.45, 7) is 3.53. The minimum absolute atomic E-state index is 0.0234. The normalized spacial score (nSPS) is 21.7. The minimum Gasteiger partial charge on any atom is -0.354 e. The summed E-state index contributed by atoms with van der Waals surface area (Å²) >= 11 is 0. The molecule has 0 bridgehead atoms. The van der Waals surface area contributed by atoms with Crippen LogP contribution in [0.15, 0.2) is 24.7 Å². The van der Waals surface area contributed by atoms with E-state index in [0.717, 1.165) is 57.7 Å². The van der Waals surface area contributed by atoms with Gasteiger partial charge in [0.2, 0.25) is 0 Å². The Kier molecular flexibility index (Phi) is 6.65. The molecule has 5 rings (SSSR count). The van der Waals surface area contributed by atoms with Crippen LogP contribution in [0.25, 0.3) is 5.65 Å². The number of hydrogen-bond acceptors (Lipinski definition) is 7. The fourth-order valence-corrected chi connectivity index (χ4v) is 4.90. The molecule has 3 aromatic rings. The summed E-state index contributed by atoms with van der Waals surface area (Å²) in [5, 5.41) is 14.3. The van der Waals surface area contributed by atoms with Crippen molar-refractivity contribution in [2.45, 2.75) is 44.2 Å². The van der Waals surface area contributed by atoms with Gasteiger partial charge in [0.25, 0.3) is 12.3 Å². The van der Waals surface area contributed by atoms with Gasteiger partial charge in [0.15, 0.2) is 11.3 Å². The quantitative estimate of drug-likeness (QED) is 0.552. The highest BCUT2D eigenvalue weighted by Crippen LogP contribution is 2.33. The van der Waals surface area contributed by atoms with E-state index in [-0.39, 0.29) is 17.3 Å². The molecule has 0 radical (unpaired) electrons. The molecule has 0 spiro atoms. The molecule has 0 unspecified atom stereocenters. The van der Waals surface area contributed by atoms with Crippen molar-refractivity contribution in [2.24, 2.45) is 0 Å². The van der Waals surface area contributed by atoms with Crippen molar-refractivity contribution >= 4 is 23.1 Å². The van der Waals surface area contributed by atoms with Crippen molar-refractivity contribution in [3.8, 4) is 0 Å². The van der Waals surface area contributed by atoms with Crippen LogP contribution in [0.4, 0.5) is 20.3 Å². The van der Waals surface area contributed by atoms with E-state index >= 15 is 0 Å². The maximum Gasteiger partial charge on any atom is 0.284 e. The van der Waals surface area contributed by atoms with Gasteiger partial charge in [-0.05, 0) is 45.8 Å². The van der Waals surface area contributed by atoms with Gasteiger partial charge in [0, 0.05) is 44.6 Å². The van der Waals surface area contributed by atoms with E-state index in [0.29, 0.717) is 11.7 Å². The number of hydrogen-bond donors (Lipinski definition) is 2. The Hall–Kier alpha value is -3.12. The second kappa shape index (κ2) is 9.86. The molecule has 2 fully saturated rings. The number of carbonyl (C=O) groups excluding carboxylic acids is 1. The van der Waals surface area contributed by atoms with Crippen molar-refractivity contribution in [3.05, 3.63) is 35.9 Å². The Morgan fingerprint density at radius 3 is 2.57 bits per heavy atom. The molecule has 1 aliphatic heterocycles. The molecule has 10 nitrogen and oxygen atoms in total. The van der Waals surface area contributed by atoms with Crippen LogP contribution in [0.1, 0.15) is 54.2 Å². The molecule has 12 heteroatoms. The number of halogens is 2. The summed E-state index contributed by atoms with van der Waals surface area (Å²) in [7, 11) is 4.02. The Morgan fingerprint density at radius 2 is 1.89 bits per heavy atom. The number of amides is 1. The van der Waals surface area contributed by atoms with Crippen molar-refractivity contribution in [3.63, 3.8) is 0 Å². The van der Waals surface area contributed by atoms with E-state index in [2.05, 4.69) is 42.7 Å². The van der Waals surface area contributed by atoms with E-state index < -0.39 is 18.0 Å². The Bertz CT molecular complexity index is 1180. The molecule has 2 N–H and O–H groups in total. The molecule has 1 amide bonds.